The quantitative estimate of drug-likeness (QED) is 0.245. The summed E-state index contributed by atoms with van der Waals surface area (Å²) >= 11 is 11.4. The summed E-state index contributed by atoms with van der Waals surface area (Å²) in [6, 6.07) is 10.3. The highest BCUT2D eigenvalue weighted by Gasteiger charge is 2.12. The van der Waals surface area contributed by atoms with E-state index in [0.29, 0.717) is 16.1 Å². The van der Waals surface area contributed by atoms with Crippen LogP contribution < -0.4 is 0 Å². The van der Waals surface area contributed by atoms with Crippen molar-refractivity contribution in [2.75, 3.05) is 6.61 Å². The Morgan fingerprint density at radius 1 is 1.12 bits per heavy atom. The van der Waals surface area contributed by atoms with Crippen molar-refractivity contribution in [3.63, 3.8) is 0 Å². The molecule has 0 spiro atoms. The van der Waals surface area contributed by atoms with Crippen LogP contribution in [0.2, 0.25) is 10.0 Å². The molecule has 2 rings (SSSR count). The Morgan fingerprint density at radius 3 is 2.44 bits per heavy atom. The Bertz CT molecular complexity index is 847. The molecule has 0 heterocycles. The normalized spacial score (nSPS) is 10.6. The fraction of sp³-hybridized carbons (Fsp3) is 0.0588. The molecule has 128 valence electrons. The Labute approximate surface area is 152 Å². The first-order chi connectivity index (χ1) is 11.9. The first-order valence-electron chi connectivity index (χ1n) is 6.94. The van der Waals surface area contributed by atoms with Gasteiger partial charge in [-0.1, -0.05) is 29.3 Å². The van der Waals surface area contributed by atoms with Gasteiger partial charge in [0.15, 0.2) is 12.4 Å². The number of hydrogen-bond donors (Lipinski definition) is 0. The van der Waals surface area contributed by atoms with Crippen molar-refractivity contribution in [1.82, 2.24) is 0 Å². The van der Waals surface area contributed by atoms with Gasteiger partial charge in [0, 0.05) is 22.7 Å². The van der Waals surface area contributed by atoms with E-state index in [0.717, 1.165) is 6.08 Å². The van der Waals surface area contributed by atoms with E-state index in [4.69, 9.17) is 27.9 Å². The molecule has 0 N–H and O–H groups in total. The van der Waals surface area contributed by atoms with Crippen LogP contribution in [0.5, 0.6) is 0 Å². The van der Waals surface area contributed by atoms with Crippen LogP contribution in [0, 0.1) is 10.1 Å². The lowest BCUT2D eigenvalue weighted by Gasteiger charge is -2.02. The number of Topliss-reactive ketones (excluding diaryl/α,β-unsaturated/α-hetero) is 1. The SMILES string of the molecule is O=C(/C=C/c1ccc(Cl)c([N+](=O)[O-])c1)OCC(=O)c1ccc(Cl)cc1. The number of carbonyl (C=O) groups excluding carboxylic acids is 2. The number of hydrogen-bond acceptors (Lipinski definition) is 5. The van der Waals surface area contributed by atoms with Crippen molar-refractivity contribution in [1.29, 1.82) is 0 Å². The van der Waals surface area contributed by atoms with Gasteiger partial charge in [0.05, 0.1) is 4.92 Å². The summed E-state index contributed by atoms with van der Waals surface area (Å²) in [7, 11) is 0. The molecule has 0 fully saturated rings. The van der Waals surface area contributed by atoms with Gasteiger partial charge in [-0.25, -0.2) is 4.79 Å². The van der Waals surface area contributed by atoms with Gasteiger partial charge in [0.25, 0.3) is 5.69 Å². The fourth-order valence-corrected chi connectivity index (χ4v) is 2.15. The van der Waals surface area contributed by atoms with Crippen molar-refractivity contribution in [3.05, 3.63) is 79.8 Å². The van der Waals surface area contributed by atoms with Gasteiger partial charge >= 0.3 is 5.97 Å². The standard InChI is InChI=1S/C17H11Cl2NO5/c18-13-5-3-12(4-6-13)16(21)10-25-17(22)8-2-11-1-7-14(19)15(9-11)20(23)24/h1-9H,10H2/b8-2+. The predicted octanol–water partition coefficient (Wildman–Crippen LogP) is 4.34. The van der Waals surface area contributed by atoms with Crippen LogP contribution in [0.1, 0.15) is 15.9 Å². The summed E-state index contributed by atoms with van der Waals surface area (Å²) in [6.45, 7) is -0.425. The highest BCUT2D eigenvalue weighted by atomic mass is 35.5. The molecule has 0 aliphatic heterocycles. The maximum absolute atomic E-state index is 11.9. The molecule has 2 aromatic carbocycles. The second kappa shape index (κ2) is 8.41. The predicted molar refractivity (Wildman–Crippen MR) is 93.9 cm³/mol. The van der Waals surface area contributed by atoms with E-state index in [9.17, 15) is 19.7 Å². The summed E-state index contributed by atoms with van der Waals surface area (Å²) in [5.74, 6) is -1.12. The fourth-order valence-electron chi connectivity index (χ4n) is 1.84. The lowest BCUT2D eigenvalue weighted by Crippen LogP contribution is -2.12. The molecule has 0 unspecified atom stereocenters. The van der Waals surface area contributed by atoms with Gasteiger partial charge in [0.2, 0.25) is 0 Å². The zero-order valence-corrected chi connectivity index (χ0v) is 14.2. The molecular weight excluding hydrogens is 369 g/mol. The summed E-state index contributed by atoms with van der Waals surface area (Å²) in [6.07, 6.45) is 2.40. The molecule has 8 heteroatoms. The second-order valence-corrected chi connectivity index (χ2v) is 5.68. The topological polar surface area (TPSA) is 86.5 Å². The molecule has 25 heavy (non-hydrogen) atoms. The lowest BCUT2D eigenvalue weighted by molar-refractivity contribution is -0.384. The van der Waals surface area contributed by atoms with Gasteiger partial charge < -0.3 is 4.74 Å². The van der Waals surface area contributed by atoms with Crippen LogP contribution in [-0.4, -0.2) is 23.3 Å². The van der Waals surface area contributed by atoms with Crippen LogP contribution in [0.3, 0.4) is 0 Å². The zero-order valence-electron chi connectivity index (χ0n) is 12.6. The molecule has 0 amide bonds. The largest absolute Gasteiger partial charge is 0.454 e. The molecule has 6 nitrogen and oxygen atoms in total. The molecule has 2 aromatic rings. The van der Waals surface area contributed by atoms with E-state index in [1.54, 1.807) is 12.1 Å². The van der Waals surface area contributed by atoms with Crippen LogP contribution in [0.15, 0.2) is 48.5 Å². The average molecular weight is 380 g/mol. The van der Waals surface area contributed by atoms with Crippen molar-refractivity contribution < 1.29 is 19.2 Å². The molecule has 0 bridgehead atoms. The van der Waals surface area contributed by atoms with E-state index in [2.05, 4.69) is 0 Å². The summed E-state index contributed by atoms with van der Waals surface area (Å²) in [5, 5.41) is 11.3. The molecule has 0 aliphatic rings. The highest BCUT2D eigenvalue weighted by Crippen LogP contribution is 2.25. The Balaban J connectivity index is 1.95. The zero-order chi connectivity index (χ0) is 18.4. The number of benzene rings is 2. The first-order valence-corrected chi connectivity index (χ1v) is 7.70. The minimum Gasteiger partial charge on any atom is -0.454 e. The van der Waals surface area contributed by atoms with Gasteiger partial charge in [-0.15, -0.1) is 0 Å². The molecule has 0 aliphatic carbocycles. The van der Waals surface area contributed by atoms with E-state index in [1.807, 2.05) is 0 Å². The summed E-state index contributed by atoms with van der Waals surface area (Å²) in [4.78, 5) is 33.7. The number of rotatable bonds is 6. The van der Waals surface area contributed by atoms with Gasteiger partial charge in [-0.3, -0.25) is 14.9 Å². The number of ether oxygens (including phenoxy) is 1. The lowest BCUT2D eigenvalue weighted by atomic mass is 10.1. The maximum Gasteiger partial charge on any atom is 0.331 e. The Hall–Kier alpha value is -2.70. The number of nitro benzene ring substituents is 1. The number of halogens is 2. The van der Waals surface area contributed by atoms with Crippen molar-refractivity contribution in [2.24, 2.45) is 0 Å². The average Bonchev–Trinajstić information content (AvgIpc) is 2.59. The third kappa shape index (κ3) is 5.41. The smallest absolute Gasteiger partial charge is 0.331 e. The number of nitro groups is 1. The van der Waals surface area contributed by atoms with E-state index >= 15 is 0 Å². The molecule has 0 saturated carbocycles. The molecule has 0 radical (unpaired) electrons. The molecular formula is C17H11Cl2NO5. The van der Waals surface area contributed by atoms with Gasteiger partial charge in [-0.05, 0) is 42.0 Å². The van der Waals surface area contributed by atoms with Crippen molar-refractivity contribution >= 4 is 46.7 Å². The highest BCUT2D eigenvalue weighted by molar-refractivity contribution is 6.32. The Kier molecular flexibility index (Phi) is 6.27. The molecule has 0 atom stereocenters. The monoisotopic (exact) mass is 379 g/mol. The van der Waals surface area contributed by atoms with Crippen molar-refractivity contribution in [3.8, 4) is 0 Å². The molecule has 0 saturated heterocycles. The Morgan fingerprint density at radius 2 is 1.80 bits per heavy atom. The van der Waals surface area contributed by atoms with Gasteiger partial charge in [0.1, 0.15) is 5.02 Å². The third-order valence-electron chi connectivity index (χ3n) is 3.09. The second-order valence-electron chi connectivity index (χ2n) is 4.84. The number of esters is 1. The van der Waals surface area contributed by atoms with Crippen LogP contribution in [0.4, 0.5) is 5.69 Å². The molecule has 0 aromatic heterocycles. The van der Waals surface area contributed by atoms with Crippen molar-refractivity contribution in [2.45, 2.75) is 0 Å². The van der Waals surface area contributed by atoms with Gasteiger partial charge in [-0.2, -0.15) is 0 Å². The first kappa shape index (κ1) is 18.6. The van der Waals surface area contributed by atoms with Crippen LogP contribution in [0.25, 0.3) is 6.08 Å². The summed E-state index contributed by atoms with van der Waals surface area (Å²) in [5.41, 5.74) is 0.502. The number of carbonyl (C=O) groups is 2. The number of nitrogens with zero attached hydrogens (tertiary/aromatic N) is 1. The number of ketones is 1. The minimum absolute atomic E-state index is 0.00159. The van der Waals surface area contributed by atoms with E-state index < -0.39 is 17.5 Å². The third-order valence-corrected chi connectivity index (χ3v) is 3.66. The maximum atomic E-state index is 11.9. The summed E-state index contributed by atoms with van der Waals surface area (Å²) < 4.78 is 4.84. The van der Waals surface area contributed by atoms with Crippen LogP contribution >= 0.6 is 23.2 Å². The van der Waals surface area contributed by atoms with E-state index in [1.165, 1.54) is 36.4 Å². The van der Waals surface area contributed by atoms with Crippen LogP contribution in [-0.2, 0) is 9.53 Å². The van der Waals surface area contributed by atoms with E-state index in [-0.39, 0.29) is 16.5 Å². The minimum atomic E-state index is -0.750.